The minimum atomic E-state index is -0.923. The maximum atomic E-state index is 12.3. The molecule has 1 N–H and O–H groups in total. The Morgan fingerprint density at radius 1 is 1.28 bits per heavy atom. The molecule has 0 saturated carbocycles. The highest BCUT2D eigenvalue weighted by Gasteiger charge is 2.41. The third-order valence-electron chi connectivity index (χ3n) is 4.46. The van der Waals surface area contributed by atoms with E-state index in [2.05, 4.69) is 4.98 Å². The first kappa shape index (κ1) is 17.0. The first-order valence-electron chi connectivity index (χ1n) is 8.36. The van der Waals surface area contributed by atoms with Gasteiger partial charge in [-0.2, -0.15) is 0 Å². The number of amides is 1. The number of carbonyl (C=O) groups excluding carboxylic acids is 1. The summed E-state index contributed by atoms with van der Waals surface area (Å²) < 4.78 is 1.95. The lowest BCUT2D eigenvalue weighted by atomic mass is 9.99. The Morgan fingerprint density at radius 3 is 2.76 bits per heavy atom. The van der Waals surface area contributed by atoms with Crippen LogP contribution in [-0.2, 0) is 16.1 Å². The van der Waals surface area contributed by atoms with Crippen molar-refractivity contribution in [3.8, 4) is 0 Å². The first-order valence-corrected chi connectivity index (χ1v) is 8.36. The molecule has 2 atom stereocenters. The van der Waals surface area contributed by atoms with Gasteiger partial charge in [0.1, 0.15) is 0 Å². The molecule has 0 aliphatic carbocycles. The van der Waals surface area contributed by atoms with Gasteiger partial charge in [-0.25, -0.2) is 4.98 Å². The molecule has 1 fully saturated rings. The zero-order valence-electron chi connectivity index (χ0n) is 13.9. The molecule has 1 amide bonds. The van der Waals surface area contributed by atoms with E-state index in [1.807, 2.05) is 53.2 Å². The van der Waals surface area contributed by atoms with Crippen LogP contribution in [0.5, 0.6) is 0 Å². The Morgan fingerprint density at radius 2 is 2.08 bits per heavy atom. The number of nitrogens with zero attached hydrogens (tertiary/aromatic N) is 3. The number of carbonyl (C=O) groups is 2. The Bertz CT molecular complexity index is 741. The third kappa shape index (κ3) is 4.15. The van der Waals surface area contributed by atoms with Gasteiger partial charge in [-0.3, -0.25) is 9.59 Å². The second kappa shape index (κ2) is 7.79. The van der Waals surface area contributed by atoms with Crippen LogP contribution >= 0.6 is 0 Å². The number of benzene rings is 1. The molecule has 1 aliphatic rings. The van der Waals surface area contributed by atoms with Gasteiger partial charge in [0.25, 0.3) is 0 Å². The molecule has 25 heavy (non-hydrogen) atoms. The molecule has 0 unspecified atom stereocenters. The van der Waals surface area contributed by atoms with Crippen molar-refractivity contribution < 1.29 is 14.7 Å². The number of likely N-dealkylation sites (tertiary alicyclic amines) is 1. The molecular weight excluding hydrogens is 318 g/mol. The van der Waals surface area contributed by atoms with Crippen LogP contribution < -0.4 is 0 Å². The highest BCUT2D eigenvalue weighted by Crippen LogP contribution is 2.28. The summed E-state index contributed by atoms with van der Waals surface area (Å²) in [6.45, 7) is 1.28. The van der Waals surface area contributed by atoms with Crippen LogP contribution in [0.1, 0.15) is 18.4 Å². The van der Waals surface area contributed by atoms with E-state index in [1.54, 1.807) is 17.4 Å². The number of aromatic nitrogens is 2. The molecule has 1 aromatic heterocycles. The molecular formula is C19H21N3O3. The fourth-order valence-electron chi connectivity index (χ4n) is 3.17. The normalized spacial score (nSPS) is 20.5. The minimum absolute atomic E-state index is 0.0597. The summed E-state index contributed by atoms with van der Waals surface area (Å²) in [4.78, 5) is 29.5. The van der Waals surface area contributed by atoms with Crippen molar-refractivity contribution in [2.24, 2.45) is 5.92 Å². The maximum absolute atomic E-state index is 12.3. The highest BCUT2D eigenvalue weighted by molar-refractivity contribution is 5.87. The van der Waals surface area contributed by atoms with E-state index in [0.29, 0.717) is 6.54 Å². The molecule has 1 aliphatic heterocycles. The van der Waals surface area contributed by atoms with Crippen LogP contribution in [0.25, 0.3) is 6.08 Å². The van der Waals surface area contributed by atoms with Crippen LogP contribution in [0, 0.1) is 5.92 Å². The molecule has 3 rings (SSSR count). The zero-order valence-corrected chi connectivity index (χ0v) is 13.9. The van der Waals surface area contributed by atoms with Crippen LogP contribution in [0.4, 0.5) is 0 Å². The summed E-state index contributed by atoms with van der Waals surface area (Å²) in [5.74, 6) is -1.71. The number of imidazole rings is 1. The predicted octanol–water partition coefficient (Wildman–Crippen LogP) is 2.29. The molecule has 130 valence electrons. The Balaban J connectivity index is 1.70. The van der Waals surface area contributed by atoms with Crippen LogP contribution in [0.15, 0.2) is 55.1 Å². The van der Waals surface area contributed by atoms with E-state index >= 15 is 0 Å². The maximum Gasteiger partial charge on any atom is 0.309 e. The van der Waals surface area contributed by atoms with Crippen LogP contribution in [0.3, 0.4) is 0 Å². The van der Waals surface area contributed by atoms with Gasteiger partial charge < -0.3 is 14.6 Å². The van der Waals surface area contributed by atoms with Gasteiger partial charge in [0, 0.05) is 31.9 Å². The molecule has 6 heteroatoms. The standard InChI is InChI=1S/C19H21N3O3/c23-18-13-16(19(24)25)17(8-7-15-5-2-1-3-6-15)22(18)11-4-10-21-12-9-20-14-21/h1-3,5-9,12,14,16-17H,4,10-11,13H2,(H,24,25)/b8-7-/t16-,17+/m1/s1. The summed E-state index contributed by atoms with van der Waals surface area (Å²) in [7, 11) is 0. The fourth-order valence-corrected chi connectivity index (χ4v) is 3.17. The molecule has 1 aromatic carbocycles. The second-order valence-corrected chi connectivity index (χ2v) is 6.15. The number of hydrogen-bond acceptors (Lipinski definition) is 3. The van der Waals surface area contributed by atoms with Crippen molar-refractivity contribution in [1.29, 1.82) is 0 Å². The Labute approximate surface area is 146 Å². The van der Waals surface area contributed by atoms with E-state index in [0.717, 1.165) is 18.5 Å². The van der Waals surface area contributed by atoms with Gasteiger partial charge in [0.15, 0.2) is 0 Å². The third-order valence-corrected chi connectivity index (χ3v) is 4.46. The average Bonchev–Trinajstić information content (AvgIpc) is 3.23. The number of carboxylic acids is 1. The zero-order chi connectivity index (χ0) is 17.6. The first-order chi connectivity index (χ1) is 12.1. The number of rotatable bonds is 7. The van der Waals surface area contributed by atoms with Gasteiger partial charge in [0.05, 0.1) is 18.3 Å². The molecule has 0 radical (unpaired) electrons. The molecule has 0 spiro atoms. The largest absolute Gasteiger partial charge is 0.481 e. The lowest BCUT2D eigenvalue weighted by Crippen LogP contribution is -2.36. The summed E-state index contributed by atoms with van der Waals surface area (Å²) in [5, 5.41) is 9.47. The van der Waals surface area contributed by atoms with Crippen molar-refractivity contribution in [2.45, 2.75) is 25.4 Å². The van der Waals surface area contributed by atoms with Gasteiger partial charge in [-0.15, -0.1) is 0 Å². The number of aliphatic carboxylic acids is 1. The molecule has 6 nitrogen and oxygen atoms in total. The van der Waals surface area contributed by atoms with E-state index in [4.69, 9.17) is 0 Å². The molecule has 0 bridgehead atoms. The predicted molar refractivity (Wildman–Crippen MR) is 93.6 cm³/mol. The van der Waals surface area contributed by atoms with E-state index in [9.17, 15) is 14.7 Å². The van der Waals surface area contributed by atoms with E-state index in [-0.39, 0.29) is 12.3 Å². The second-order valence-electron chi connectivity index (χ2n) is 6.15. The summed E-state index contributed by atoms with van der Waals surface area (Å²) >= 11 is 0. The monoisotopic (exact) mass is 339 g/mol. The number of carboxylic acid groups (broad SMARTS) is 1. The number of hydrogen-bond donors (Lipinski definition) is 1. The van der Waals surface area contributed by atoms with Gasteiger partial charge in [0.2, 0.25) is 5.91 Å². The van der Waals surface area contributed by atoms with Crippen molar-refractivity contribution >= 4 is 18.0 Å². The minimum Gasteiger partial charge on any atom is -0.481 e. The van der Waals surface area contributed by atoms with Crippen LogP contribution in [0.2, 0.25) is 0 Å². The van der Waals surface area contributed by atoms with Crippen molar-refractivity contribution in [2.75, 3.05) is 6.54 Å². The average molecular weight is 339 g/mol. The Hall–Kier alpha value is -2.89. The topological polar surface area (TPSA) is 75.4 Å². The molecule has 2 aromatic rings. The smallest absolute Gasteiger partial charge is 0.309 e. The fraction of sp³-hybridized carbons (Fsp3) is 0.316. The van der Waals surface area contributed by atoms with Crippen molar-refractivity contribution in [1.82, 2.24) is 14.5 Å². The van der Waals surface area contributed by atoms with Gasteiger partial charge >= 0.3 is 5.97 Å². The molecule has 2 heterocycles. The van der Waals surface area contributed by atoms with E-state index in [1.165, 1.54) is 0 Å². The SMILES string of the molecule is O=C(O)[C@@H]1CC(=O)N(CCCn2ccnc2)[C@H]1/C=C\c1ccccc1. The van der Waals surface area contributed by atoms with Crippen molar-refractivity contribution in [3.63, 3.8) is 0 Å². The van der Waals surface area contributed by atoms with Gasteiger partial charge in [-0.1, -0.05) is 42.5 Å². The van der Waals surface area contributed by atoms with Crippen LogP contribution in [-0.4, -0.2) is 44.0 Å². The lowest BCUT2D eigenvalue weighted by molar-refractivity contribution is -0.142. The highest BCUT2D eigenvalue weighted by atomic mass is 16.4. The van der Waals surface area contributed by atoms with E-state index < -0.39 is 17.9 Å². The van der Waals surface area contributed by atoms with Crippen molar-refractivity contribution in [3.05, 3.63) is 60.7 Å². The summed E-state index contributed by atoms with van der Waals surface area (Å²) in [6.07, 6.45) is 9.87. The summed E-state index contributed by atoms with van der Waals surface area (Å²) in [5.41, 5.74) is 0.990. The summed E-state index contributed by atoms with van der Waals surface area (Å²) in [6, 6.07) is 9.28. The number of aryl methyl sites for hydroxylation is 1. The molecule has 1 saturated heterocycles. The van der Waals surface area contributed by atoms with Gasteiger partial charge in [-0.05, 0) is 12.0 Å². The quantitative estimate of drug-likeness (QED) is 0.840. The lowest BCUT2D eigenvalue weighted by Gasteiger charge is -2.24. The Kier molecular flexibility index (Phi) is 5.28.